The van der Waals surface area contributed by atoms with Crippen molar-refractivity contribution in [1.29, 1.82) is 0 Å². The Morgan fingerprint density at radius 1 is 1.38 bits per heavy atom. The number of ether oxygens (including phenoxy) is 2. The Morgan fingerprint density at radius 2 is 2.00 bits per heavy atom. The average Bonchev–Trinajstić information content (AvgIpc) is 2.41. The van der Waals surface area contributed by atoms with E-state index in [4.69, 9.17) is 14.6 Å². The van der Waals surface area contributed by atoms with Crippen molar-refractivity contribution >= 4 is 5.91 Å². The Hall–Kier alpha value is -1.20. The summed E-state index contributed by atoms with van der Waals surface area (Å²) in [6.07, 6.45) is -10.1. The Balaban J connectivity index is 2.88. The first-order chi connectivity index (χ1) is 9.72. The number of hydrogen-bond donors (Lipinski definition) is 4. The van der Waals surface area contributed by atoms with E-state index in [-0.39, 0.29) is 6.61 Å². The summed E-state index contributed by atoms with van der Waals surface area (Å²) in [5, 5.41) is 29.9. The summed E-state index contributed by atoms with van der Waals surface area (Å²) in [7, 11) is 0. The first-order valence-corrected chi connectivity index (χ1v) is 5.95. The molecular weight excluding hydrogens is 299 g/mol. The lowest BCUT2D eigenvalue weighted by atomic mass is 9.97. The van der Waals surface area contributed by atoms with Crippen molar-refractivity contribution in [1.82, 2.24) is 5.32 Å². The number of halogens is 3. The topological polar surface area (TPSA) is 108 Å². The predicted octanol–water partition coefficient (Wildman–Crippen LogP) is -1.32. The third-order valence-electron chi connectivity index (χ3n) is 2.81. The second kappa shape index (κ2) is 7.18. The van der Waals surface area contributed by atoms with Gasteiger partial charge in [0.15, 0.2) is 6.29 Å². The summed E-state index contributed by atoms with van der Waals surface area (Å²) < 4.78 is 46.8. The van der Waals surface area contributed by atoms with Crippen LogP contribution in [0.4, 0.5) is 13.2 Å². The van der Waals surface area contributed by atoms with E-state index in [1.807, 2.05) is 0 Å². The van der Waals surface area contributed by atoms with Gasteiger partial charge in [-0.1, -0.05) is 6.08 Å². The third kappa shape index (κ3) is 4.38. The highest BCUT2D eigenvalue weighted by molar-refractivity contribution is 5.82. The summed E-state index contributed by atoms with van der Waals surface area (Å²) in [6.45, 7) is 2.51. The molecule has 1 heterocycles. The summed E-state index contributed by atoms with van der Waals surface area (Å²) in [5.74, 6) is -2.31. The minimum absolute atomic E-state index is 0.135. The second-order valence-electron chi connectivity index (χ2n) is 4.33. The summed E-state index contributed by atoms with van der Waals surface area (Å²) in [4.78, 5) is 10.9. The number of hydrogen-bond acceptors (Lipinski definition) is 6. The van der Waals surface area contributed by atoms with Crippen LogP contribution in [0.15, 0.2) is 12.7 Å². The van der Waals surface area contributed by atoms with Crippen LogP contribution in [-0.4, -0.2) is 71.3 Å². The largest absolute Gasteiger partial charge is 0.471 e. The van der Waals surface area contributed by atoms with Gasteiger partial charge in [-0.05, 0) is 0 Å². The molecule has 21 heavy (non-hydrogen) atoms. The van der Waals surface area contributed by atoms with E-state index in [0.29, 0.717) is 0 Å². The molecule has 4 N–H and O–H groups in total. The van der Waals surface area contributed by atoms with Gasteiger partial charge in [0.05, 0.1) is 13.2 Å². The maximum Gasteiger partial charge on any atom is 0.471 e. The van der Waals surface area contributed by atoms with Crippen LogP contribution in [0.2, 0.25) is 0 Å². The number of aliphatic hydroxyl groups is 3. The molecule has 5 atom stereocenters. The van der Waals surface area contributed by atoms with Gasteiger partial charge in [0.1, 0.15) is 24.4 Å². The normalized spacial score (nSPS) is 33.5. The highest BCUT2D eigenvalue weighted by Crippen LogP contribution is 2.24. The molecule has 1 fully saturated rings. The van der Waals surface area contributed by atoms with Crippen molar-refractivity contribution in [3.8, 4) is 0 Å². The maximum atomic E-state index is 12.3. The molecule has 0 aromatic carbocycles. The van der Waals surface area contributed by atoms with E-state index in [1.54, 1.807) is 0 Å². The Kier molecular flexibility index (Phi) is 6.10. The number of rotatable bonds is 5. The molecule has 0 aliphatic carbocycles. The van der Waals surface area contributed by atoms with Crippen LogP contribution in [0.25, 0.3) is 0 Å². The quantitative estimate of drug-likeness (QED) is 0.469. The summed E-state index contributed by atoms with van der Waals surface area (Å²) in [6, 6.07) is -1.66. The van der Waals surface area contributed by atoms with Gasteiger partial charge in [-0.3, -0.25) is 4.79 Å². The Labute approximate surface area is 118 Å². The fourth-order valence-electron chi connectivity index (χ4n) is 1.77. The molecular formula is C11H16F3NO6. The van der Waals surface area contributed by atoms with Gasteiger partial charge in [-0.2, -0.15) is 13.2 Å². The molecule has 1 amide bonds. The van der Waals surface area contributed by atoms with E-state index in [9.17, 15) is 28.2 Å². The molecule has 7 nitrogen and oxygen atoms in total. The van der Waals surface area contributed by atoms with Gasteiger partial charge < -0.3 is 30.1 Å². The van der Waals surface area contributed by atoms with Crippen LogP contribution in [-0.2, 0) is 14.3 Å². The van der Waals surface area contributed by atoms with Crippen LogP contribution >= 0.6 is 0 Å². The van der Waals surface area contributed by atoms with Crippen molar-refractivity contribution in [3.05, 3.63) is 12.7 Å². The van der Waals surface area contributed by atoms with Crippen molar-refractivity contribution < 1.29 is 42.8 Å². The molecule has 1 aliphatic rings. The van der Waals surface area contributed by atoms with Gasteiger partial charge >= 0.3 is 12.1 Å². The molecule has 122 valence electrons. The Bertz CT molecular complexity index is 377. The number of nitrogens with one attached hydrogen (secondary N) is 1. The number of amides is 1. The first kappa shape index (κ1) is 17.9. The summed E-state index contributed by atoms with van der Waals surface area (Å²) in [5.41, 5.74) is 0. The van der Waals surface area contributed by atoms with E-state index < -0.39 is 49.3 Å². The van der Waals surface area contributed by atoms with E-state index in [1.165, 1.54) is 11.4 Å². The van der Waals surface area contributed by atoms with Crippen molar-refractivity contribution in [2.24, 2.45) is 0 Å². The monoisotopic (exact) mass is 315 g/mol. The van der Waals surface area contributed by atoms with E-state index in [0.717, 1.165) is 0 Å². The van der Waals surface area contributed by atoms with Gasteiger partial charge in [-0.15, -0.1) is 6.58 Å². The van der Waals surface area contributed by atoms with Gasteiger partial charge in [0.2, 0.25) is 0 Å². The Morgan fingerprint density at radius 3 is 2.48 bits per heavy atom. The van der Waals surface area contributed by atoms with Crippen LogP contribution in [0, 0.1) is 0 Å². The zero-order valence-corrected chi connectivity index (χ0v) is 10.8. The molecule has 0 aromatic heterocycles. The lowest BCUT2D eigenvalue weighted by Gasteiger charge is -2.42. The molecule has 0 saturated carbocycles. The molecule has 1 saturated heterocycles. The van der Waals surface area contributed by atoms with E-state index >= 15 is 0 Å². The average molecular weight is 315 g/mol. The highest BCUT2D eigenvalue weighted by Gasteiger charge is 2.49. The molecule has 0 radical (unpaired) electrons. The number of alkyl halides is 3. The molecule has 1 rings (SSSR count). The predicted molar refractivity (Wildman–Crippen MR) is 61.9 cm³/mol. The molecule has 0 unspecified atom stereocenters. The highest BCUT2D eigenvalue weighted by atomic mass is 19.4. The fourth-order valence-corrected chi connectivity index (χ4v) is 1.77. The van der Waals surface area contributed by atoms with Gasteiger partial charge in [0, 0.05) is 0 Å². The van der Waals surface area contributed by atoms with Gasteiger partial charge in [0.25, 0.3) is 0 Å². The zero-order chi connectivity index (χ0) is 16.2. The van der Waals surface area contributed by atoms with Crippen molar-refractivity contribution in [2.45, 2.75) is 36.8 Å². The smallest absolute Gasteiger partial charge is 0.394 e. The minimum Gasteiger partial charge on any atom is -0.394 e. The van der Waals surface area contributed by atoms with Crippen LogP contribution < -0.4 is 5.32 Å². The second-order valence-corrected chi connectivity index (χ2v) is 4.33. The number of aliphatic hydroxyl groups excluding tert-OH is 3. The van der Waals surface area contributed by atoms with Crippen molar-refractivity contribution in [2.75, 3.05) is 13.2 Å². The van der Waals surface area contributed by atoms with Crippen LogP contribution in [0.3, 0.4) is 0 Å². The maximum absolute atomic E-state index is 12.3. The third-order valence-corrected chi connectivity index (χ3v) is 2.81. The SMILES string of the molecule is C=CCO[C@@H]1O[C@H](CO)[C@@H](O)[C@H](O)[C@H]1NC(=O)C(F)(F)F. The molecule has 0 spiro atoms. The molecule has 10 heteroatoms. The lowest BCUT2D eigenvalue weighted by molar-refractivity contribution is -0.269. The molecule has 0 aromatic rings. The standard InChI is InChI=1S/C11H16F3NO6/c1-2-3-20-9-6(15-10(19)11(12,13)14)8(18)7(17)5(4-16)21-9/h2,5-9,16-18H,1,3-4H2,(H,15,19)/t5-,6-,7-,8-,9-/m1/s1. The van der Waals surface area contributed by atoms with E-state index in [2.05, 4.69) is 6.58 Å². The fraction of sp³-hybridized carbons (Fsp3) is 0.727. The number of carbonyl (C=O) groups excluding carboxylic acids is 1. The lowest BCUT2D eigenvalue weighted by Crippen LogP contribution is -2.65. The molecule has 0 bridgehead atoms. The minimum atomic E-state index is -5.17. The van der Waals surface area contributed by atoms with Crippen molar-refractivity contribution in [3.63, 3.8) is 0 Å². The van der Waals surface area contributed by atoms with Crippen LogP contribution in [0.1, 0.15) is 0 Å². The molecule has 1 aliphatic heterocycles. The number of carbonyl (C=O) groups is 1. The van der Waals surface area contributed by atoms with Gasteiger partial charge in [-0.25, -0.2) is 0 Å². The summed E-state index contributed by atoms with van der Waals surface area (Å²) >= 11 is 0. The zero-order valence-electron chi connectivity index (χ0n) is 10.8. The first-order valence-electron chi connectivity index (χ1n) is 5.95. The van der Waals surface area contributed by atoms with Crippen LogP contribution in [0.5, 0.6) is 0 Å².